The number of rotatable bonds is 3. The molecule has 0 unspecified atom stereocenters. The maximum Gasteiger partial charge on any atom is 0.352 e. The van der Waals surface area contributed by atoms with Crippen LogP contribution in [0.1, 0.15) is 30.4 Å². The van der Waals surface area contributed by atoms with Crippen LogP contribution in [-0.2, 0) is 0 Å². The summed E-state index contributed by atoms with van der Waals surface area (Å²) in [7, 11) is 0. The molecule has 102 valence electrons. The molecular formula is C15H15N3O2. The molecule has 0 aliphatic heterocycles. The highest BCUT2D eigenvalue weighted by Gasteiger charge is 2.09. The summed E-state index contributed by atoms with van der Waals surface area (Å²) in [5, 5.41) is 14.2. The van der Waals surface area contributed by atoms with Crippen molar-refractivity contribution in [3.05, 3.63) is 42.4 Å². The number of hydrogen-bond acceptors (Lipinski definition) is 2. The van der Waals surface area contributed by atoms with Crippen molar-refractivity contribution >= 4 is 16.9 Å². The summed E-state index contributed by atoms with van der Waals surface area (Å²) >= 11 is 0. The van der Waals surface area contributed by atoms with Gasteiger partial charge in [-0.25, -0.2) is 4.79 Å². The fraction of sp³-hybridized carbons (Fsp3) is 0.200. The zero-order valence-corrected chi connectivity index (χ0v) is 11.3. The van der Waals surface area contributed by atoms with Crippen molar-refractivity contribution in [3.63, 3.8) is 0 Å². The van der Waals surface area contributed by atoms with Gasteiger partial charge >= 0.3 is 5.97 Å². The van der Waals surface area contributed by atoms with Gasteiger partial charge in [0.05, 0.1) is 6.20 Å². The van der Waals surface area contributed by atoms with Crippen molar-refractivity contribution in [2.45, 2.75) is 19.9 Å². The van der Waals surface area contributed by atoms with Gasteiger partial charge in [0.15, 0.2) is 0 Å². The Labute approximate surface area is 115 Å². The van der Waals surface area contributed by atoms with Gasteiger partial charge in [-0.05, 0) is 37.6 Å². The molecule has 0 atom stereocenters. The topological polar surface area (TPSA) is 70.9 Å². The van der Waals surface area contributed by atoms with E-state index in [1.807, 2.05) is 35.3 Å². The summed E-state index contributed by atoms with van der Waals surface area (Å²) in [5.74, 6) is -0.949. The zero-order chi connectivity index (χ0) is 14.3. The first kappa shape index (κ1) is 12.5. The van der Waals surface area contributed by atoms with Gasteiger partial charge < -0.3 is 10.1 Å². The number of nitrogens with zero attached hydrogens (tertiary/aromatic N) is 2. The normalized spacial score (nSPS) is 11.3. The Kier molecular flexibility index (Phi) is 2.82. The van der Waals surface area contributed by atoms with Gasteiger partial charge in [-0.15, -0.1) is 0 Å². The van der Waals surface area contributed by atoms with Gasteiger partial charge in [0.2, 0.25) is 0 Å². The molecule has 0 aliphatic carbocycles. The van der Waals surface area contributed by atoms with Gasteiger partial charge in [0.1, 0.15) is 5.69 Å². The van der Waals surface area contributed by atoms with Crippen molar-refractivity contribution in [2.75, 3.05) is 0 Å². The highest BCUT2D eigenvalue weighted by molar-refractivity contribution is 5.95. The van der Waals surface area contributed by atoms with E-state index < -0.39 is 5.97 Å². The standard InChI is InChI=1S/C15H15N3O2/c1-9(2)18-8-12(7-16-18)10-3-4-13-11(5-10)6-14(17-13)15(19)20/h3-9,17H,1-2H3,(H,19,20). The lowest BCUT2D eigenvalue weighted by Gasteiger charge is -2.03. The number of hydrogen-bond donors (Lipinski definition) is 2. The largest absolute Gasteiger partial charge is 0.477 e. The van der Waals surface area contributed by atoms with E-state index >= 15 is 0 Å². The highest BCUT2D eigenvalue weighted by atomic mass is 16.4. The van der Waals surface area contributed by atoms with Gasteiger partial charge in [-0.2, -0.15) is 5.10 Å². The van der Waals surface area contributed by atoms with Crippen molar-refractivity contribution in [3.8, 4) is 11.1 Å². The Balaban J connectivity index is 2.05. The molecule has 5 heteroatoms. The molecule has 0 fully saturated rings. The Bertz CT molecular complexity index is 783. The number of nitrogens with one attached hydrogen (secondary N) is 1. The Hall–Kier alpha value is -2.56. The maximum atomic E-state index is 11.0. The first-order chi connectivity index (χ1) is 9.54. The molecule has 0 aliphatic rings. The van der Waals surface area contributed by atoms with E-state index in [-0.39, 0.29) is 5.69 Å². The minimum absolute atomic E-state index is 0.204. The molecule has 2 N–H and O–H groups in total. The second kappa shape index (κ2) is 4.52. The SMILES string of the molecule is CC(C)n1cc(-c2ccc3[nH]c(C(=O)O)cc3c2)cn1. The third-order valence-corrected chi connectivity index (χ3v) is 3.32. The highest BCUT2D eigenvalue weighted by Crippen LogP contribution is 2.25. The molecule has 0 saturated carbocycles. The van der Waals surface area contributed by atoms with E-state index in [0.717, 1.165) is 22.0 Å². The van der Waals surface area contributed by atoms with Crippen LogP contribution in [0.15, 0.2) is 36.7 Å². The smallest absolute Gasteiger partial charge is 0.352 e. The lowest BCUT2D eigenvalue weighted by atomic mass is 10.1. The molecule has 20 heavy (non-hydrogen) atoms. The number of aromatic nitrogens is 3. The summed E-state index contributed by atoms with van der Waals surface area (Å²) < 4.78 is 1.90. The molecule has 0 bridgehead atoms. The molecule has 5 nitrogen and oxygen atoms in total. The predicted octanol–water partition coefficient (Wildman–Crippen LogP) is 3.31. The number of aromatic carboxylic acids is 1. The molecule has 3 aromatic rings. The Morgan fingerprint density at radius 3 is 2.75 bits per heavy atom. The fourth-order valence-electron chi connectivity index (χ4n) is 2.20. The van der Waals surface area contributed by atoms with Crippen molar-refractivity contribution < 1.29 is 9.90 Å². The summed E-state index contributed by atoms with van der Waals surface area (Å²) in [6, 6.07) is 7.79. The summed E-state index contributed by atoms with van der Waals surface area (Å²) in [6.45, 7) is 4.15. The van der Waals surface area contributed by atoms with E-state index in [4.69, 9.17) is 5.11 Å². The van der Waals surface area contributed by atoms with Gasteiger partial charge in [0.25, 0.3) is 0 Å². The van der Waals surface area contributed by atoms with Crippen LogP contribution in [0.5, 0.6) is 0 Å². The number of fused-ring (bicyclic) bond motifs is 1. The van der Waals surface area contributed by atoms with Crippen LogP contribution >= 0.6 is 0 Å². The van der Waals surface area contributed by atoms with E-state index in [1.54, 1.807) is 6.07 Å². The van der Waals surface area contributed by atoms with E-state index in [9.17, 15) is 4.79 Å². The number of H-pyrrole nitrogens is 1. The Morgan fingerprint density at radius 2 is 2.10 bits per heavy atom. The predicted molar refractivity (Wildman–Crippen MR) is 76.9 cm³/mol. The van der Waals surface area contributed by atoms with E-state index in [0.29, 0.717) is 6.04 Å². The summed E-state index contributed by atoms with van der Waals surface area (Å²) in [4.78, 5) is 13.8. The molecule has 2 heterocycles. The average Bonchev–Trinajstić information content (AvgIpc) is 3.04. The third-order valence-electron chi connectivity index (χ3n) is 3.32. The minimum atomic E-state index is -0.949. The Morgan fingerprint density at radius 1 is 1.30 bits per heavy atom. The number of aromatic amines is 1. The van der Waals surface area contributed by atoms with Crippen LogP contribution in [0.3, 0.4) is 0 Å². The van der Waals surface area contributed by atoms with Gasteiger partial charge in [-0.1, -0.05) is 6.07 Å². The first-order valence-electron chi connectivity index (χ1n) is 6.45. The third kappa shape index (κ3) is 2.07. The lowest BCUT2D eigenvalue weighted by Crippen LogP contribution is -1.99. The first-order valence-corrected chi connectivity index (χ1v) is 6.45. The van der Waals surface area contributed by atoms with Crippen LogP contribution in [0.2, 0.25) is 0 Å². The second-order valence-corrected chi connectivity index (χ2v) is 5.09. The minimum Gasteiger partial charge on any atom is -0.477 e. The van der Waals surface area contributed by atoms with E-state index in [2.05, 4.69) is 23.9 Å². The van der Waals surface area contributed by atoms with Crippen LogP contribution in [0, 0.1) is 0 Å². The van der Waals surface area contributed by atoms with E-state index in [1.165, 1.54) is 0 Å². The van der Waals surface area contributed by atoms with Crippen LogP contribution in [-0.4, -0.2) is 25.8 Å². The number of carboxylic acid groups (broad SMARTS) is 1. The molecule has 3 rings (SSSR count). The molecule has 1 aromatic carbocycles. The molecule has 0 amide bonds. The molecule has 0 radical (unpaired) electrons. The number of carbonyl (C=O) groups is 1. The lowest BCUT2D eigenvalue weighted by molar-refractivity contribution is 0.0691. The molecule has 0 saturated heterocycles. The summed E-state index contributed by atoms with van der Waals surface area (Å²) in [5.41, 5.74) is 3.08. The maximum absolute atomic E-state index is 11.0. The molecule has 2 aromatic heterocycles. The molecule has 0 spiro atoms. The van der Waals surface area contributed by atoms with Gasteiger partial charge in [-0.3, -0.25) is 4.68 Å². The number of benzene rings is 1. The van der Waals surface area contributed by atoms with Crippen molar-refractivity contribution in [1.82, 2.24) is 14.8 Å². The zero-order valence-electron chi connectivity index (χ0n) is 11.3. The second-order valence-electron chi connectivity index (χ2n) is 5.09. The van der Waals surface area contributed by atoms with Crippen LogP contribution in [0.4, 0.5) is 0 Å². The fourth-order valence-corrected chi connectivity index (χ4v) is 2.20. The van der Waals surface area contributed by atoms with Crippen LogP contribution < -0.4 is 0 Å². The molecular weight excluding hydrogens is 254 g/mol. The quantitative estimate of drug-likeness (QED) is 0.766. The van der Waals surface area contributed by atoms with Crippen LogP contribution in [0.25, 0.3) is 22.0 Å². The summed E-state index contributed by atoms with van der Waals surface area (Å²) in [6.07, 6.45) is 3.82. The average molecular weight is 269 g/mol. The van der Waals surface area contributed by atoms with Gasteiger partial charge in [0, 0.05) is 28.7 Å². The number of carboxylic acids is 1. The van der Waals surface area contributed by atoms with Crippen molar-refractivity contribution in [2.24, 2.45) is 0 Å². The van der Waals surface area contributed by atoms with Crippen molar-refractivity contribution in [1.29, 1.82) is 0 Å². The monoisotopic (exact) mass is 269 g/mol.